The van der Waals surface area contributed by atoms with Gasteiger partial charge in [0.1, 0.15) is 10.8 Å². The Bertz CT molecular complexity index is 1060. The summed E-state index contributed by atoms with van der Waals surface area (Å²) in [6.45, 7) is 0. The Balaban J connectivity index is 1.49. The topological polar surface area (TPSA) is 72.2 Å². The predicted molar refractivity (Wildman–Crippen MR) is 101 cm³/mol. The van der Waals surface area contributed by atoms with Crippen LogP contribution in [-0.2, 0) is 11.2 Å². The maximum Gasteiger partial charge on any atom is 0.231 e. The molecule has 0 atom stereocenters. The van der Waals surface area contributed by atoms with Gasteiger partial charge in [0.05, 0.1) is 18.3 Å². The van der Waals surface area contributed by atoms with E-state index in [1.165, 1.54) is 11.3 Å². The molecule has 0 aliphatic carbocycles. The lowest BCUT2D eigenvalue weighted by Crippen LogP contribution is -2.17. The third-order valence-electron chi connectivity index (χ3n) is 3.52. The highest BCUT2D eigenvalue weighted by atomic mass is 79.9. The molecular formula is C17H12BrN5OS. The van der Waals surface area contributed by atoms with Crippen LogP contribution in [0.25, 0.3) is 16.2 Å². The van der Waals surface area contributed by atoms with Crippen LogP contribution in [-0.4, -0.2) is 25.5 Å². The molecule has 0 aliphatic rings. The third-order valence-corrected chi connectivity index (χ3v) is 4.96. The van der Waals surface area contributed by atoms with E-state index in [1.54, 1.807) is 29.0 Å². The zero-order valence-electron chi connectivity index (χ0n) is 12.9. The summed E-state index contributed by atoms with van der Waals surface area (Å²) in [7, 11) is 0. The van der Waals surface area contributed by atoms with E-state index in [9.17, 15) is 4.79 Å². The normalized spacial score (nSPS) is 10.9. The first kappa shape index (κ1) is 15.9. The van der Waals surface area contributed by atoms with E-state index in [0.717, 1.165) is 20.7 Å². The zero-order chi connectivity index (χ0) is 17.2. The molecule has 1 aromatic carbocycles. The van der Waals surface area contributed by atoms with Crippen LogP contribution in [0.5, 0.6) is 0 Å². The lowest BCUT2D eigenvalue weighted by molar-refractivity contribution is -0.115. The zero-order valence-corrected chi connectivity index (χ0v) is 15.3. The van der Waals surface area contributed by atoms with Crippen LogP contribution in [0.1, 0.15) is 5.69 Å². The van der Waals surface area contributed by atoms with Crippen LogP contribution in [0.4, 0.5) is 5.82 Å². The number of carbonyl (C=O) groups excluding carboxylic acids is 1. The summed E-state index contributed by atoms with van der Waals surface area (Å²) in [4.78, 5) is 21.1. The monoisotopic (exact) mass is 413 g/mol. The Hall–Kier alpha value is -2.58. The van der Waals surface area contributed by atoms with Crippen LogP contribution < -0.4 is 5.32 Å². The van der Waals surface area contributed by atoms with Gasteiger partial charge in [-0.1, -0.05) is 28.1 Å². The molecule has 0 saturated heterocycles. The fraction of sp³-hybridized carbons (Fsp3) is 0.0588. The van der Waals surface area contributed by atoms with Gasteiger partial charge in [0.15, 0.2) is 5.65 Å². The molecule has 1 N–H and O–H groups in total. The summed E-state index contributed by atoms with van der Waals surface area (Å²) in [5, 5.41) is 9.81. The number of fused-ring (bicyclic) bond motifs is 1. The molecule has 4 aromatic rings. The number of anilines is 1. The molecule has 1 amide bonds. The van der Waals surface area contributed by atoms with Gasteiger partial charge in [0, 0.05) is 27.7 Å². The summed E-state index contributed by atoms with van der Waals surface area (Å²) in [5.41, 5.74) is 2.45. The number of carbonyl (C=O) groups is 1. The summed E-state index contributed by atoms with van der Waals surface area (Å²) in [5.74, 6) is 0.441. The summed E-state index contributed by atoms with van der Waals surface area (Å²) < 4.78 is 2.59. The van der Waals surface area contributed by atoms with Gasteiger partial charge in [0.2, 0.25) is 5.91 Å². The fourth-order valence-corrected chi connectivity index (χ4v) is 3.64. The Labute approximate surface area is 155 Å². The number of rotatable bonds is 4. The van der Waals surface area contributed by atoms with Gasteiger partial charge in [-0.05, 0) is 18.2 Å². The van der Waals surface area contributed by atoms with Gasteiger partial charge < -0.3 is 5.32 Å². The highest BCUT2D eigenvalue weighted by Gasteiger charge is 2.11. The molecule has 0 radical (unpaired) electrons. The van der Waals surface area contributed by atoms with Gasteiger partial charge in [-0.2, -0.15) is 9.61 Å². The van der Waals surface area contributed by atoms with Crippen molar-refractivity contribution in [3.63, 3.8) is 0 Å². The first-order valence-electron chi connectivity index (χ1n) is 7.48. The van der Waals surface area contributed by atoms with E-state index in [4.69, 9.17) is 0 Å². The standard InChI is InChI=1S/C17H12BrN5OS/c18-12-3-1-2-11(8-12)17-21-13(10-25-17)9-16(24)22-15-4-6-19-14-5-7-20-23(14)15/h1-8,10H,9H2,(H,22,24). The number of nitrogens with one attached hydrogen (secondary N) is 1. The minimum absolute atomic E-state index is 0.144. The highest BCUT2D eigenvalue weighted by Crippen LogP contribution is 2.26. The molecule has 3 heterocycles. The average Bonchev–Trinajstić information content (AvgIpc) is 3.24. The molecular weight excluding hydrogens is 402 g/mol. The smallest absolute Gasteiger partial charge is 0.231 e. The van der Waals surface area contributed by atoms with Gasteiger partial charge >= 0.3 is 0 Å². The summed E-state index contributed by atoms with van der Waals surface area (Å²) in [6.07, 6.45) is 3.49. The lowest BCUT2D eigenvalue weighted by Gasteiger charge is -2.05. The number of hydrogen-bond acceptors (Lipinski definition) is 5. The van der Waals surface area contributed by atoms with E-state index >= 15 is 0 Å². The van der Waals surface area contributed by atoms with Crippen LogP contribution in [0.15, 0.2) is 58.6 Å². The quantitative estimate of drug-likeness (QED) is 0.552. The van der Waals surface area contributed by atoms with Gasteiger partial charge in [-0.3, -0.25) is 4.79 Å². The second-order valence-corrected chi connectivity index (χ2v) is 7.08. The largest absolute Gasteiger partial charge is 0.310 e. The third kappa shape index (κ3) is 3.45. The molecule has 6 nitrogen and oxygen atoms in total. The van der Waals surface area contributed by atoms with Crippen LogP contribution in [0, 0.1) is 0 Å². The molecule has 0 spiro atoms. The number of halogens is 1. The predicted octanol–water partition coefficient (Wildman–Crippen LogP) is 3.80. The average molecular weight is 414 g/mol. The van der Waals surface area contributed by atoms with Crippen molar-refractivity contribution in [2.24, 2.45) is 0 Å². The Morgan fingerprint density at radius 3 is 3.04 bits per heavy atom. The Morgan fingerprint density at radius 2 is 2.16 bits per heavy atom. The minimum atomic E-state index is -0.144. The van der Waals surface area contributed by atoms with Gasteiger partial charge in [-0.25, -0.2) is 9.97 Å². The van der Waals surface area contributed by atoms with Crippen LogP contribution in [0.3, 0.4) is 0 Å². The minimum Gasteiger partial charge on any atom is -0.310 e. The summed E-state index contributed by atoms with van der Waals surface area (Å²) in [6, 6.07) is 11.4. The van der Waals surface area contributed by atoms with Crippen molar-refractivity contribution in [2.45, 2.75) is 6.42 Å². The maximum atomic E-state index is 12.3. The summed E-state index contributed by atoms with van der Waals surface area (Å²) >= 11 is 4.98. The van der Waals surface area contributed by atoms with Crippen molar-refractivity contribution < 1.29 is 4.79 Å². The van der Waals surface area contributed by atoms with Gasteiger partial charge in [-0.15, -0.1) is 11.3 Å². The number of aromatic nitrogens is 4. The Morgan fingerprint density at radius 1 is 1.24 bits per heavy atom. The van der Waals surface area contributed by atoms with Crippen molar-refractivity contribution in [1.29, 1.82) is 0 Å². The molecule has 0 unspecified atom stereocenters. The molecule has 0 saturated carbocycles. The molecule has 8 heteroatoms. The van der Waals surface area contributed by atoms with Crippen molar-refractivity contribution in [1.82, 2.24) is 19.6 Å². The highest BCUT2D eigenvalue weighted by molar-refractivity contribution is 9.10. The van der Waals surface area contributed by atoms with E-state index < -0.39 is 0 Å². The van der Waals surface area contributed by atoms with E-state index in [0.29, 0.717) is 11.5 Å². The van der Waals surface area contributed by atoms with Crippen molar-refractivity contribution >= 4 is 44.6 Å². The SMILES string of the molecule is O=C(Cc1csc(-c2cccc(Br)c2)n1)Nc1ccnc2ccnn12. The first-order chi connectivity index (χ1) is 12.2. The molecule has 3 aromatic heterocycles. The van der Waals surface area contributed by atoms with E-state index in [2.05, 4.69) is 36.3 Å². The molecule has 25 heavy (non-hydrogen) atoms. The number of hydrogen-bond donors (Lipinski definition) is 1. The van der Waals surface area contributed by atoms with Crippen LogP contribution >= 0.6 is 27.3 Å². The maximum absolute atomic E-state index is 12.3. The van der Waals surface area contributed by atoms with Crippen molar-refractivity contribution in [3.05, 3.63) is 64.3 Å². The lowest BCUT2D eigenvalue weighted by atomic mass is 10.2. The molecule has 0 bridgehead atoms. The number of benzene rings is 1. The second kappa shape index (κ2) is 6.73. The molecule has 124 valence electrons. The molecule has 0 fully saturated rings. The number of thiazole rings is 1. The van der Waals surface area contributed by atoms with E-state index in [1.807, 2.05) is 29.6 Å². The Kier molecular flexibility index (Phi) is 4.29. The number of amides is 1. The first-order valence-corrected chi connectivity index (χ1v) is 9.15. The fourth-order valence-electron chi connectivity index (χ4n) is 2.42. The number of nitrogens with zero attached hydrogens (tertiary/aromatic N) is 4. The molecule has 4 rings (SSSR count). The van der Waals surface area contributed by atoms with Crippen molar-refractivity contribution in [3.8, 4) is 10.6 Å². The van der Waals surface area contributed by atoms with Crippen LogP contribution in [0.2, 0.25) is 0 Å². The van der Waals surface area contributed by atoms with Gasteiger partial charge in [0.25, 0.3) is 0 Å². The van der Waals surface area contributed by atoms with E-state index in [-0.39, 0.29) is 12.3 Å². The van der Waals surface area contributed by atoms with Crippen molar-refractivity contribution in [2.75, 3.05) is 5.32 Å². The second-order valence-electron chi connectivity index (χ2n) is 5.31. The molecule has 0 aliphatic heterocycles.